The molecule has 0 saturated carbocycles. The summed E-state index contributed by atoms with van der Waals surface area (Å²) in [4.78, 5) is 40.2. The van der Waals surface area contributed by atoms with Gasteiger partial charge in [-0.25, -0.2) is 9.78 Å². The maximum Gasteiger partial charge on any atom is 0.553 e. The lowest BCUT2D eigenvalue weighted by Gasteiger charge is -2.12. The van der Waals surface area contributed by atoms with Gasteiger partial charge in [-0.2, -0.15) is 19.4 Å². The van der Waals surface area contributed by atoms with E-state index >= 15 is 0 Å². The van der Waals surface area contributed by atoms with E-state index in [4.69, 9.17) is 9.78 Å². The van der Waals surface area contributed by atoms with E-state index < -0.39 is 12.3 Å². The Morgan fingerprint density at radius 2 is 1.11 bits per heavy atom. The number of rotatable bonds is 16. The van der Waals surface area contributed by atoms with E-state index in [1.165, 1.54) is 0 Å². The predicted molar refractivity (Wildman–Crippen MR) is 94.7 cm³/mol. The van der Waals surface area contributed by atoms with Gasteiger partial charge in [0.05, 0.1) is 13.2 Å². The SMILES string of the molecule is CCCCC(CC)COOOC(=O)OC(=O)OOOCC(CC)CCCC. The zero-order valence-electron chi connectivity index (χ0n) is 16.9. The maximum absolute atomic E-state index is 11.2. The third-order valence-electron chi connectivity index (χ3n) is 4.16. The van der Waals surface area contributed by atoms with E-state index in [0.29, 0.717) is 11.8 Å². The summed E-state index contributed by atoms with van der Waals surface area (Å²) < 4.78 is 4.11. The van der Waals surface area contributed by atoms with Crippen molar-refractivity contribution >= 4 is 12.3 Å². The Morgan fingerprint density at radius 3 is 1.44 bits per heavy atom. The molecule has 0 amide bonds. The van der Waals surface area contributed by atoms with Crippen molar-refractivity contribution in [1.29, 1.82) is 0 Å². The summed E-state index contributed by atoms with van der Waals surface area (Å²) >= 11 is 0. The minimum atomic E-state index is -1.44. The lowest BCUT2D eigenvalue weighted by Crippen LogP contribution is -2.18. The van der Waals surface area contributed by atoms with Crippen LogP contribution < -0.4 is 0 Å². The highest BCUT2D eigenvalue weighted by molar-refractivity contribution is 5.76. The van der Waals surface area contributed by atoms with Crippen LogP contribution in [0.1, 0.15) is 79.1 Å². The van der Waals surface area contributed by atoms with Crippen molar-refractivity contribution in [3.05, 3.63) is 0 Å². The molecule has 0 aliphatic carbocycles. The molecule has 160 valence electrons. The van der Waals surface area contributed by atoms with E-state index in [1.807, 2.05) is 13.8 Å². The Balaban J connectivity index is 3.72. The summed E-state index contributed by atoms with van der Waals surface area (Å²) in [5.74, 6) is 0.591. The average molecular weight is 394 g/mol. The van der Waals surface area contributed by atoms with E-state index in [2.05, 4.69) is 38.4 Å². The molecule has 27 heavy (non-hydrogen) atoms. The van der Waals surface area contributed by atoms with Gasteiger partial charge in [0.15, 0.2) is 0 Å². The maximum atomic E-state index is 11.2. The smallest absolute Gasteiger partial charge is 0.323 e. The molecule has 0 aromatic carbocycles. The Hall–Kier alpha value is -1.42. The zero-order valence-corrected chi connectivity index (χ0v) is 16.9. The third-order valence-corrected chi connectivity index (χ3v) is 4.16. The molecule has 0 fully saturated rings. The van der Waals surface area contributed by atoms with Gasteiger partial charge >= 0.3 is 12.3 Å². The second kappa shape index (κ2) is 18.0. The largest absolute Gasteiger partial charge is 0.553 e. The van der Waals surface area contributed by atoms with Crippen molar-refractivity contribution in [3.63, 3.8) is 0 Å². The average Bonchev–Trinajstić information content (AvgIpc) is 2.66. The molecule has 2 atom stereocenters. The molecule has 0 heterocycles. The predicted octanol–water partition coefficient (Wildman–Crippen LogP) is 5.44. The Labute approximate surface area is 161 Å². The number of carbonyl (C=O) groups excluding carboxylic acids is 2. The first-order valence-electron chi connectivity index (χ1n) is 9.75. The van der Waals surface area contributed by atoms with Crippen LogP contribution in [0.5, 0.6) is 0 Å². The van der Waals surface area contributed by atoms with Crippen LogP contribution >= 0.6 is 0 Å². The summed E-state index contributed by atoms with van der Waals surface area (Å²) in [7, 11) is 0. The standard InChI is InChI=1S/C18H34O9/c1-5-9-11-15(7-3)13-21-26-24-17(19)23-18(20)25-27-22-14-16(8-4)12-10-6-2/h15-16H,5-14H2,1-4H3. The summed E-state index contributed by atoms with van der Waals surface area (Å²) in [6.07, 6.45) is 5.25. The second-order valence-electron chi connectivity index (χ2n) is 6.31. The van der Waals surface area contributed by atoms with Gasteiger partial charge in [0, 0.05) is 0 Å². The van der Waals surface area contributed by atoms with Crippen molar-refractivity contribution in [3.8, 4) is 0 Å². The molecule has 0 bridgehead atoms. The Morgan fingerprint density at radius 1 is 0.704 bits per heavy atom. The summed E-state index contributed by atoms with van der Waals surface area (Å²) in [6, 6.07) is 0. The van der Waals surface area contributed by atoms with E-state index in [9.17, 15) is 9.59 Å². The number of hydrogen-bond donors (Lipinski definition) is 0. The van der Waals surface area contributed by atoms with Gasteiger partial charge < -0.3 is 4.74 Å². The van der Waals surface area contributed by atoms with Gasteiger partial charge in [-0.15, -0.1) is 0 Å². The van der Waals surface area contributed by atoms with Crippen LogP contribution in [0.25, 0.3) is 0 Å². The number of unbranched alkanes of at least 4 members (excludes halogenated alkanes) is 2. The summed E-state index contributed by atoms with van der Waals surface area (Å²) in [5.41, 5.74) is 0. The molecule has 9 heteroatoms. The number of hydrogen-bond acceptors (Lipinski definition) is 9. The van der Waals surface area contributed by atoms with Crippen LogP contribution in [0.2, 0.25) is 0 Å². The van der Waals surface area contributed by atoms with E-state index in [-0.39, 0.29) is 13.2 Å². The first kappa shape index (κ1) is 25.6. The summed E-state index contributed by atoms with van der Waals surface area (Å²) in [6.45, 7) is 8.80. The zero-order chi connectivity index (χ0) is 20.3. The van der Waals surface area contributed by atoms with Gasteiger partial charge in [-0.05, 0) is 34.8 Å². The first-order valence-corrected chi connectivity index (χ1v) is 9.75. The fourth-order valence-corrected chi connectivity index (χ4v) is 2.25. The van der Waals surface area contributed by atoms with Crippen molar-refractivity contribution in [2.45, 2.75) is 79.1 Å². The monoisotopic (exact) mass is 394 g/mol. The van der Waals surface area contributed by atoms with Gasteiger partial charge in [-0.3, -0.25) is 0 Å². The van der Waals surface area contributed by atoms with Gasteiger partial charge in [0.1, 0.15) is 0 Å². The van der Waals surface area contributed by atoms with Gasteiger partial charge in [-0.1, -0.05) is 66.2 Å². The molecular formula is C18H34O9. The molecule has 0 rings (SSSR count). The van der Waals surface area contributed by atoms with Crippen molar-refractivity contribution in [2.24, 2.45) is 11.8 Å². The van der Waals surface area contributed by atoms with E-state index in [0.717, 1.165) is 51.4 Å². The Bertz CT molecular complexity index is 342. The molecular weight excluding hydrogens is 360 g/mol. The molecule has 2 unspecified atom stereocenters. The van der Waals surface area contributed by atoms with Crippen LogP contribution in [0.3, 0.4) is 0 Å². The van der Waals surface area contributed by atoms with Gasteiger partial charge in [0.25, 0.3) is 0 Å². The van der Waals surface area contributed by atoms with Crippen LogP contribution in [0.15, 0.2) is 0 Å². The highest BCUT2D eigenvalue weighted by Gasteiger charge is 2.17. The quantitative estimate of drug-likeness (QED) is 0.111. The van der Waals surface area contributed by atoms with Crippen LogP contribution in [0, 0.1) is 11.8 Å². The molecule has 0 aromatic rings. The highest BCUT2D eigenvalue weighted by Crippen LogP contribution is 2.14. The Kier molecular flexibility index (Phi) is 17.0. The number of ether oxygens (including phenoxy) is 1. The fraction of sp³-hybridized carbons (Fsp3) is 0.889. The fourth-order valence-electron chi connectivity index (χ4n) is 2.25. The van der Waals surface area contributed by atoms with Crippen LogP contribution in [-0.2, 0) is 34.4 Å². The first-order chi connectivity index (χ1) is 13.1. The molecule has 0 spiro atoms. The molecule has 0 N–H and O–H groups in total. The van der Waals surface area contributed by atoms with Crippen LogP contribution in [0.4, 0.5) is 9.59 Å². The van der Waals surface area contributed by atoms with Gasteiger partial charge in [0.2, 0.25) is 0 Å². The topological polar surface area (TPSA) is 98.8 Å². The third kappa shape index (κ3) is 15.3. The van der Waals surface area contributed by atoms with Crippen molar-refractivity contribution in [1.82, 2.24) is 0 Å². The molecule has 0 radical (unpaired) electrons. The molecule has 9 nitrogen and oxygen atoms in total. The second-order valence-corrected chi connectivity index (χ2v) is 6.31. The molecule has 0 aliphatic rings. The lowest BCUT2D eigenvalue weighted by atomic mass is 10.0. The molecule has 0 aromatic heterocycles. The van der Waals surface area contributed by atoms with E-state index in [1.54, 1.807) is 0 Å². The normalized spacial score (nSPS) is 13.0. The van der Waals surface area contributed by atoms with Crippen molar-refractivity contribution in [2.75, 3.05) is 13.2 Å². The number of carbonyl (C=O) groups is 2. The summed E-state index contributed by atoms with van der Waals surface area (Å²) in [5, 5.41) is 8.53. The van der Waals surface area contributed by atoms with Crippen LogP contribution in [-0.4, -0.2) is 25.5 Å². The minimum Gasteiger partial charge on any atom is -0.323 e. The molecule has 0 aliphatic heterocycles. The van der Waals surface area contributed by atoms with Crippen molar-refractivity contribution < 1.29 is 44.0 Å². The molecule has 0 saturated heterocycles. The highest BCUT2D eigenvalue weighted by atomic mass is 17.5. The minimum absolute atomic E-state index is 0.266. The lowest BCUT2D eigenvalue weighted by molar-refractivity contribution is -0.496.